The van der Waals surface area contributed by atoms with Crippen LogP contribution in [-0.2, 0) is 7.05 Å². The molecule has 5 aromatic rings. The van der Waals surface area contributed by atoms with Crippen molar-refractivity contribution in [2.75, 3.05) is 21.3 Å². The number of nitrogens with zero attached hydrogens (tertiary/aromatic N) is 3. The molecule has 0 radical (unpaired) electrons. The molecule has 0 amide bonds. The van der Waals surface area contributed by atoms with Gasteiger partial charge in [0, 0.05) is 18.0 Å². The molecule has 0 saturated heterocycles. The molecule has 2 heterocycles. The second-order valence-corrected chi connectivity index (χ2v) is 8.43. The maximum Gasteiger partial charge on any atom is 0.271 e. The van der Waals surface area contributed by atoms with Crippen LogP contribution in [0.1, 0.15) is 5.56 Å². The second kappa shape index (κ2) is 8.88. The molecule has 0 bridgehead atoms. The van der Waals surface area contributed by atoms with Crippen LogP contribution in [0.15, 0.2) is 70.3 Å². The molecule has 0 unspecified atom stereocenters. The van der Waals surface area contributed by atoms with Gasteiger partial charge in [-0.1, -0.05) is 29.8 Å². The van der Waals surface area contributed by atoms with Gasteiger partial charge in [-0.3, -0.25) is 14.2 Å². The second-order valence-electron chi connectivity index (χ2n) is 8.43. The van der Waals surface area contributed by atoms with E-state index in [4.69, 9.17) is 19.2 Å². The lowest BCUT2D eigenvalue weighted by atomic mass is 10.1. The molecule has 3 aromatic carbocycles. The number of methoxy groups -OCH3 is 3. The van der Waals surface area contributed by atoms with Crippen LogP contribution in [0.5, 0.6) is 17.2 Å². The first-order valence-corrected chi connectivity index (χ1v) is 11.3. The molecule has 5 rings (SSSR count). The van der Waals surface area contributed by atoms with Crippen LogP contribution in [0.3, 0.4) is 0 Å². The lowest BCUT2D eigenvalue weighted by Crippen LogP contribution is -2.28. The summed E-state index contributed by atoms with van der Waals surface area (Å²) < 4.78 is 19.8. The number of fused-ring (bicyclic) bond motifs is 2. The topological polar surface area (TPSA) is 84.6 Å². The van der Waals surface area contributed by atoms with E-state index in [9.17, 15) is 9.59 Å². The minimum atomic E-state index is -0.459. The number of para-hydroxylation sites is 1. The Labute approximate surface area is 206 Å². The summed E-state index contributed by atoms with van der Waals surface area (Å²) in [6.07, 6.45) is 0. The van der Waals surface area contributed by atoms with E-state index >= 15 is 0 Å². The third kappa shape index (κ3) is 3.50. The van der Waals surface area contributed by atoms with Crippen molar-refractivity contribution in [3.05, 3.63) is 86.8 Å². The quantitative estimate of drug-likeness (QED) is 0.348. The summed E-state index contributed by atoms with van der Waals surface area (Å²) >= 11 is 0. The number of hydrogen-bond acceptors (Lipinski definition) is 6. The summed E-state index contributed by atoms with van der Waals surface area (Å²) in [4.78, 5) is 32.5. The number of rotatable bonds is 5. The number of aromatic nitrogens is 3. The smallest absolute Gasteiger partial charge is 0.271 e. The molecule has 0 spiro atoms. The van der Waals surface area contributed by atoms with E-state index in [1.54, 1.807) is 35.9 Å². The van der Waals surface area contributed by atoms with E-state index < -0.39 is 5.56 Å². The van der Waals surface area contributed by atoms with Crippen LogP contribution in [0.2, 0.25) is 0 Å². The van der Waals surface area contributed by atoms with Gasteiger partial charge in [0.2, 0.25) is 11.2 Å². The fourth-order valence-electron chi connectivity index (χ4n) is 4.50. The standard InChI is InChI=1S/C28H25N3O5/c1-16-10-12-18(13-11-16)31-26(17-14-21(34-3)25(36-5)22(15-17)35-4)29-27-23(28(31)33)24(32)19-8-6-7-9-20(19)30(27)2/h6-15H,1-5H3. The third-order valence-corrected chi connectivity index (χ3v) is 6.33. The van der Waals surface area contributed by atoms with Crippen molar-refractivity contribution < 1.29 is 14.2 Å². The zero-order valence-electron chi connectivity index (χ0n) is 20.7. The fourth-order valence-corrected chi connectivity index (χ4v) is 4.50. The monoisotopic (exact) mass is 483 g/mol. The lowest BCUT2D eigenvalue weighted by Gasteiger charge is -2.18. The average Bonchev–Trinajstić information content (AvgIpc) is 2.91. The first-order chi connectivity index (χ1) is 17.4. The van der Waals surface area contributed by atoms with Crippen LogP contribution in [0.4, 0.5) is 0 Å². The first kappa shape index (κ1) is 23.2. The summed E-state index contributed by atoms with van der Waals surface area (Å²) in [5.74, 6) is 1.60. The van der Waals surface area contributed by atoms with E-state index in [1.807, 2.05) is 43.3 Å². The van der Waals surface area contributed by atoms with Gasteiger partial charge in [0.15, 0.2) is 17.1 Å². The average molecular weight is 484 g/mol. The molecule has 0 aliphatic carbocycles. The van der Waals surface area contributed by atoms with Crippen LogP contribution >= 0.6 is 0 Å². The van der Waals surface area contributed by atoms with Crippen LogP contribution in [0.25, 0.3) is 39.0 Å². The summed E-state index contributed by atoms with van der Waals surface area (Å²) in [6.45, 7) is 1.97. The van der Waals surface area contributed by atoms with Gasteiger partial charge in [0.25, 0.3) is 5.56 Å². The van der Waals surface area contributed by atoms with Gasteiger partial charge >= 0.3 is 0 Å². The van der Waals surface area contributed by atoms with E-state index in [2.05, 4.69) is 0 Å². The molecule has 182 valence electrons. The van der Waals surface area contributed by atoms with Gasteiger partial charge in [-0.2, -0.15) is 0 Å². The highest BCUT2D eigenvalue weighted by Gasteiger charge is 2.22. The van der Waals surface area contributed by atoms with E-state index in [0.717, 1.165) is 5.56 Å². The molecule has 0 N–H and O–H groups in total. The summed E-state index contributed by atoms with van der Waals surface area (Å²) in [7, 11) is 6.37. The van der Waals surface area contributed by atoms with Gasteiger partial charge < -0.3 is 18.8 Å². The highest BCUT2D eigenvalue weighted by Crippen LogP contribution is 2.41. The summed E-state index contributed by atoms with van der Waals surface area (Å²) in [5, 5.41) is 0.482. The van der Waals surface area contributed by atoms with Gasteiger partial charge in [-0.25, -0.2) is 4.98 Å². The Kier molecular flexibility index (Phi) is 5.72. The number of aryl methyl sites for hydroxylation is 2. The van der Waals surface area contributed by atoms with Crippen molar-refractivity contribution in [1.82, 2.24) is 14.1 Å². The molecule has 8 heteroatoms. The molecule has 8 nitrogen and oxygen atoms in total. The number of pyridine rings is 1. The largest absolute Gasteiger partial charge is 0.493 e. The van der Waals surface area contributed by atoms with Crippen molar-refractivity contribution >= 4 is 21.9 Å². The molecular formula is C28H25N3O5. The third-order valence-electron chi connectivity index (χ3n) is 6.33. The van der Waals surface area contributed by atoms with Crippen LogP contribution in [-0.4, -0.2) is 35.4 Å². The van der Waals surface area contributed by atoms with E-state index in [-0.39, 0.29) is 16.5 Å². The Morgan fingerprint density at radius 3 is 2.08 bits per heavy atom. The molecule has 2 aromatic heterocycles. The minimum absolute atomic E-state index is 0.0213. The summed E-state index contributed by atoms with van der Waals surface area (Å²) in [5.41, 5.74) is 2.34. The van der Waals surface area contributed by atoms with E-state index in [1.165, 1.54) is 25.9 Å². The Bertz CT molecular complexity index is 1730. The number of benzene rings is 3. The fraction of sp³-hybridized carbons (Fsp3) is 0.179. The van der Waals surface area contributed by atoms with Crippen LogP contribution in [0, 0.1) is 6.92 Å². The Morgan fingerprint density at radius 1 is 0.833 bits per heavy atom. The Hall–Kier alpha value is -4.59. The predicted molar refractivity (Wildman–Crippen MR) is 140 cm³/mol. The number of ether oxygens (including phenoxy) is 3. The zero-order chi connectivity index (χ0) is 25.6. The highest BCUT2D eigenvalue weighted by atomic mass is 16.5. The number of hydrogen-bond donors (Lipinski definition) is 0. The molecule has 0 fully saturated rings. The van der Waals surface area contributed by atoms with Crippen LogP contribution < -0.4 is 25.2 Å². The normalized spacial score (nSPS) is 11.1. The zero-order valence-corrected chi connectivity index (χ0v) is 20.7. The van der Waals surface area contributed by atoms with Gasteiger partial charge in [-0.05, 0) is 43.3 Å². The van der Waals surface area contributed by atoms with Gasteiger partial charge in [0.1, 0.15) is 11.2 Å². The molecule has 0 aliphatic rings. The Morgan fingerprint density at radius 2 is 1.47 bits per heavy atom. The summed E-state index contributed by atoms with van der Waals surface area (Å²) in [6, 6.07) is 18.1. The van der Waals surface area contributed by atoms with E-state index in [0.29, 0.717) is 45.2 Å². The lowest BCUT2D eigenvalue weighted by molar-refractivity contribution is 0.324. The van der Waals surface area contributed by atoms with Crippen molar-refractivity contribution in [3.63, 3.8) is 0 Å². The SMILES string of the molecule is COc1cc(-c2nc3c(c(=O)c4ccccc4n3C)c(=O)n2-c2ccc(C)cc2)cc(OC)c1OC. The van der Waals surface area contributed by atoms with Crippen molar-refractivity contribution in [1.29, 1.82) is 0 Å². The molecule has 0 aliphatic heterocycles. The van der Waals surface area contributed by atoms with Crippen molar-refractivity contribution in [2.24, 2.45) is 7.05 Å². The van der Waals surface area contributed by atoms with Crippen molar-refractivity contribution in [2.45, 2.75) is 6.92 Å². The Balaban J connectivity index is 1.98. The predicted octanol–water partition coefficient (Wildman–Crippen LogP) is 4.24. The first-order valence-electron chi connectivity index (χ1n) is 11.3. The maximum atomic E-state index is 14.1. The van der Waals surface area contributed by atoms with Crippen molar-refractivity contribution in [3.8, 4) is 34.3 Å². The molecular weight excluding hydrogens is 458 g/mol. The minimum Gasteiger partial charge on any atom is -0.493 e. The molecule has 36 heavy (non-hydrogen) atoms. The van der Waals surface area contributed by atoms with Gasteiger partial charge in [0.05, 0.1) is 32.5 Å². The van der Waals surface area contributed by atoms with Gasteiger partial charge in [-0.15, -0.1) is 0 Å². The maximum absolute atomic E-state index is 14.1. The molecule has 0 saturated carbocycles. The highest BCUT2D eigenvalue weighted by molar-refractivity contribution is 5.92. The molecule has 0 atom stereocenters.